The van der Waals surface area contributed by atoms with E-state index in [9.17, 15) is 0 Å². The maximum atomic E-state index is 5.33. The van der Waals surface area contributed by atoms with Crippen LogP contribution in [0.2, 0.25) is 0 Å². The average Bonchev–Trinajstić information content (AvgIpc) is 2.88. The third-order valence-electron chi connectivity index (χ3n) is 2.14. The van der Waals surface area contributed by atoms with Crippen LogP contribution in [0.4, 0.5) is 0 Å². The summed E-state index contributed by atoms with van der Waals surface area (Å²) >= 11 is 0.428. The Morgan fingerprint density at radius 2 is 2.21 bits per heavy atom. The van der Waals surface area contributed by atoms with Gasteiger partial charge in [0.1, 0.15) is 0 Å². The second-order valence-electron chi connectivity index (χ2n) is 3.01. The van der Waals surface area contributed by atoms with Crippen molar-refractivity contribution >= 4 is 24.3 Å². The van der Waals surface area contributed by atoms with Crippen LogP contribution in [-0.4, -0.2) is 19.5 Å². The van der Waals surface area contributed by atoms with E-state index in [1.807, 2.05) is 17.2 Å². The topological polar surface area (TPSA) is 26.0 Å². The molecule has 14 heavy (non-hydrogen) atoms. The number of rotatable bonds is 1. The molecule has 0 aliphatic rings. The zero-order valence-corrected chi connectivity index (χ0v) is 9.02. The molecule has 0 bridgehead atoms. The van der Waals surface area contributed by atoms with Gasteiger partial charge in [-0.25, -0.2) is 0 Å². The fourth-order valence-electron chi connectivity index (χ4n) is 1.45. The molecule has 0 aliphatic carbocycles. The van der Waals surface area contributed by atoms with E-state index in [1.165, 1.54) is 4.26 Å². The van der Waals surface area contributed by atoms with Gasteiger partial charge in [0.2, 0.25) is 0 Å². The van der Waals surface area contributed by atoms with Crippen molar-refractivity contribution in [3.05, 3.63) is 41.7 Å². The van der Waals surface area contributed by atoms with E-state index >= 15 is 0 Å². The molecule has 0 saturated heterocycles. The van der Waals surface area contributed by atoms with E-state index in [-0.39, 0.29) is 0 Å². The van der Waals surface area contributed by atoms with Gasteiger partial charge < -0.3 is 0 Å². The Morgan fingerprint density at radius 3 is 3.07 bits per heavy atom. The molecule has 0 amide bonds. The molecule has 0 radical (unpaired) electrons. The molecule has 0 atom stereocenters. The third-order valence-corrected chi connectivity index (χ3v) is 3.84. The van der Waals surface area contributed by atoms with Crippen LogP contribution in [0.25, 0.3) is 21.1 Å². The van der Waals surface area contributed by atoms with Crippen molar-refractivity contribution in [1.29, 1.82) is 0 Å². The molecular formula is C11H7NOSe. The van der Waals surface area contributed by atoms with Gasteiger partial charge in [-0.3, -0.25) is 0 Å². The molecule has 2 nitrogen and oxygen atoms in total. The number of fused-ring (bicyclic) bond motifs is 1. The minimum atomic E-state index is 0.428. The molecule has 0 aliphatic heterocycles. The first-order chi connectivity index (χ1) is 6.93. The van der Waals surface area contributed by atoms with Gasteiger partial charge in [-0.1, -0.05) is 0 Å². The van der Waals surface area contributed by atoms with Crippen LogP contribution in [0.1, 0.15) is 0 Å². The van der Waals surface area contributed by atoms with Crippen LogP contribution in [0.3, 0.4) is 0 Å². The van der Waals surface area contributed by atoms with Gasteiger partial charge in [0.15, 0.2) is 0 Å². The molecular weight excluding hydrogens is 241 g/mol. The number of hydrogen-bond donors (Lipinski definition) is 0. The third kappa shape index (κ3) is 1.22. The molecule has 0 saturated carbocycles. The number of furan rings is 1. The maximum absolute atomic E-state index is 5.33. The Hall–Kier alpha value is -1.31. The molecule has 2 heterocycles. The van der Waals surface area contributed by atoms with Crippen molar-refractivity contribution in [2.75, 3.05) is 0 Å². The molecule has 0 spiro atoms. The predicted octanol–water partition coefficient (Wildman–Crippen LogP) is 2.55. The summed E-state index contributed by atoms with van der Waals surface area (Å²) in [7, 11) is 0. The van der Waals surface area contributed by atoms with Crippen LogP contribution in [0.5, 0.6) is 0 Å². The molecule has 0 unspecified atom stereocenters. The molecule has 3 rings (SSSR count). The Labute approximate surface area is 86.9 Å². The molecule has 68 valence electrons. The molecule has 3 heteroatoms. The van der Waals surface area contributed by atoms with E-state index in [0.717, 1.165) is 16.8 Å². The Morgan fingerprint density at radius 1 is 1.21 bits per heavy atom. The number of aromatic nitrogens is 1. The number of nitrogens with zero attached hydrogens (tertiary/aromatic N) is 1. The standard InChI is InChI=1S/C11H7NOSe/c1-2-10(13-5-1)8-3-4-11-9(6-8)12-7-14-11/h1-7H. The van der Waals surface area contributed by atoms with Crippen molar-refractivity contribution in [1.82, 2.24) is 4.98 Å². The monoisotopic (exact) mass is 249 g/mol. The molecule has 1 aromatic carbocycles. The van der Waals surface area contributed by atoms with Gasteiger partial charge in [-0.05, 0) is 0 Å². The van der Waals surface area contributed by atoms with E-state index in [0.29, 0.717) is 14.5 Å². The van der Waals surface area contributed by atoms with Gasteiger partial charge in [0.25, 0.3) is 0 Å². The summed E-state index contributed by atoms with van der Waals surface area (Å²) in [5, 5.41) is 2.00. The first-order valence-electron chi connectivity index (χ1n) is 4.30. The summed E-state index contributed by atoms with van der Waals surface area (Å²) in [6.07, 6.45) is 1.69. The quantitative estimate of drug-likeness (QED) is 0.618. The van der Waals surface area contributed by atoms with Crippen LogP contribution in [0.15, 0.2) is 46.1 Å². The summed E-state index contributed by atoms with van der Waals surface area (Å²) < 4.78 is 6.69. The van der Waals surface area contributed by atoms with E-state index in [1.54, 1.807) is 6.26 Å². The second-order valence-corrected chi connectivity index (χ2v) is 4.87. The summed E-state index contributed by atoms with van der Waals surface area (Å²) in [5.41, 5.74) is 2.20. The SMILES string of the molecule is c1coc(-c2ccc3[se]cnc3c2)c1. The molecule has 2 aromatic heterocycles. The van der Waals surface area contributed by atoms with E-state index < -0.39 is 0 Å². The van der Waals surface area contributed by atoms with Crippen LogP contribution in [0, 0.1) is 0 Å². The Balaban J connectivity index is 2.23. The van der Waals surface area contributed by atoms with Crippen LogP contribution in [-0.2, 0) is 0 Å². The van der Waals surface area contributed by atoms with Crippen molar-refractivity contribution in [2.24, 2.45) is 0 Å². The molecule has 0 fully saturated rings. The minimum absolute atomic E-state index is 0.428. The summed E-state index contributed by atoms with van der Waals surface area (Å²) in [4.78, 5) is 4.33. The number of hydrogen-bond acceptors (Lipinski definition) is 2. The first-order valence-corrected chi connectivity index (χ1v) is 6.15. The fraction of sp³-hybridized carbons (Fsp3) is 0. The van der Waals surface area contributed by atoms with Gasteiger partial charge in [0.05, 0.1) is 0 Å². The van der Waals surface area contributed by atoms with Crippen LogP contribution < -0.4 is 0 Å². The fourth-order valence-corrected chi connectivity index (χ4v) is 2.84. The Kier molecular flexibility index (Phi) is 1.79. The first kappa shape index (κ1) is 8.04. The van der Waals surface area contributed by atoms with Crippen molar-refractivity contribution in [2.45, 2.75) is 0 Å². The predicted molar refractivity (Wildman–Crippen MR) is 56.4 cm³/mol. The van der Waals surface area contributed by atoms with Gasteiger partial charge in [0, 0.05) is 0 Å². The Bertz CT molecular complexity index is 553. The summed E-state index contributed by atoms with van der Waals surface area (Å²) in [6, 6.07) is 10.2. The zero-order chi connectivity index (χ0) is 9.38. The normalized spacial score (nSPS) is 10.9. The van der Waals surface area contributed by atoms with Crippen molar-refractivity contribution < 1.29 is 4.42 Å². The van der Waals surface area contributed by atoms with Crippen molar-refractivity contribution in [3.8, 4) is 11.3 Å². The second kappa shape index (κ2) is 3.12. The van der Waals surface area contributed by atoms with Gasteiger partial charge in [-0.2, -0.15) is 0 Å². The van der Waals surface area contributed by atoms with Crippen LogP contribution >= 0.6 is 0 Å². The van der Waals surface area contributed by atoms with Gasteiger partial charge in [-0.15, -0.1) is 0 Å². The van der Waals surface area contributed by atoms with E-state index in [4.69, 9.17) is 4.42 Å². The van der Waals surface area contributed by atoms with Gasteiger partial charge >= 0.3 is 86.7 Å². The zero-order valence-electron chi connectivity index (χ0n) is 7.31. The van der Waals surface area contributed by atoms with Crippen molar-refractivity contribution in [3.63, 3.8) is 0 Å². The summed E-state index contributed by atoms with van der Waals surface area (Å²) in [6.45, 7) is 0. The molecule has 3 aromatic rings. The molecule has 0 N–H and O–H groups in total. The van der Waals surface area contributed by atoms with E-state index in [2.05, 4.69) is 23.2 Å². The number of benzene rings is 1. The summed E-state index contributed by atoms with van der Waals surface area (Å²) in [5.74, 6) is 0.905. The average molecular weight is 248 g/mol.